The molecule has 0 fully saturated rings. The highest BCUT2D eigenvalue weighted by atomic mass is 35.5. The molecule has 0 unspecified atom stereocenters. The third-order valence-electron chi connectivity index (χ3n) is 6.46. The average Bonchev–Trinajstić information content (AvgIpc) is 3.00. The van der Waals surface area contributed by atoms with Gasteiger partial charge in [0.25, 0.3) is 0 Å². The van der Waals surface area contributed by atoms with E-state index in [9.17, 15) is 0 Å². The second-order valence-electron chi connectivity index (χ2n) is 10.0. The van der Waals surface area contributed by atoms with Gasteiger partial charge in [-0.3, -0.25) is 0 Å². The topological polar surface area (TPSA) is 38.7 Å². The summed E-state index contributed by atoms with van der Waals surface area (Å²) in [5.41, 5.74) is 7.04. The van der Waals surface area contributed by atoms with Gasteiger partial charge in [-0.05, 0) is 39.9 Å². The number of hydrogen-bond donors (Lipinski definition) is 0. The van der Waals surface area contributed by atoms with Gasteiger partial charge in [-0.15, -0.1) is 0 Å². The zero-order valence-electron chi connectivity index (χ0n) is 19.1. The Balaban J connectivity index is 1.58. The van der Waals surface area contributed by atoms with E-state index in [1.807, 2.05) is 0 Å². The number of nitrogens with zero attached hydrogens (tertiary/aromatic N) is 3. The Kier molecular flexibility index (Phi) is 4.84. The van der Waals surface area contributed by atoms with Crippen molar-refractivity contribution in [3.8, 4) is 33.9 Å². The monoisotopic (exact) mass is 455 g/mol. The molecule has 1 aliphatic carbocycles. The van der Waals surface area contributed by atoms with Crippen molar-refractivity contribution < 1.29 is 0 Å². The second-order valence-corrected chi connectivity index (χ2v) is 15.4. The van der Waals surface area contributed by atoms with Crippen LogP contribution in [0.4, 0.5) is 0 Å². The maximum absolute atomic E-state index is 6.34. The van der Waals surface area contributed by atoms with Crippen molar-refractivity contribution in [3.05, 3.63) is 83.1 Å². The first-order valence-corrected chi connectivity index (χ1v) is 14.8. The minimum absolute atomic E-state index is 0.0751. The molecule has 5 heteroatoms. The normalized spacial score (nSPS) is 14.2. The smallest absolute Gasteiger partial charge is 0.208 e. The van der Waals surface area contributed by atoms with E-state index in [2.05, 4.69) is 110 Å². The molecule has 0 saturated heterocycles. The Morgan fingerprint density at radius 1 is 0.688 bits per heavy atom. The van der Waals surface area contributed by atoms with Crippen molar-refractivity contribution in [1.82, 2.24) is 15.0 Å². The van der Waals surface area contributed by atoms with E-state index < -0.39 is 8.07 Å². The molecule has 4 aromatic rings. The molecule has 0 bridgehead atoms. The third-order valence-corrected chi connectivity index (χ3v) is 8.69. The summed E-state index contributed by atoms with van der Waals surface area (Å²) in [4.78, 5) is 13.7. The van der Waals surface area contributed by atoms with Crippen LogP contribution in [-0.2, 0) is 5.41 Å². The zero-order chi connectivity index (χ0) is 22.7. The van der Waals surface area contributed by atoms with Gasteiger partial charge in [0.15, 0.2) is 11.6 Å². The molecular formula is C27H26ClN3Si. The summed E-state index contributed by atoms with van der Waals surface area (Å²) in [5, 5.41) is 1.62. The summed E-state index contributed by atoms with van der Waals surface area (Å²) in [6.07, 6.45) is 0. The van der Waals surface area contributed by atoms with E-state index in [0.29, 0.717) is 11.6 Å². The van der Waals surface area contributed by atoms with Crippen LogP contribution in [0.25, 0.3) is 33.9 Å². The number of benzene rings is 3. The van der Waals surface area contributed by atoms with Gasteiger partial charge in [0.05, 0.1) is 8.07 Å². The molecule has 0 spiro atoms. The molecule has 0 atom stereocenters. The first-order chi connectivity index (χ1) is 15.1. The van der Waals surface area contributed by atoms with E-state index in [1.54, 1.807) is 0 Å². The highest BCUT2D eigenvalue weighted by molar-refractivity contribution is 6.88. The molecule has 1 aliphatic rings. The first-order valence-electron chi connectivity index (χ1n) is 10.9. The van der Waals surface area contributed by atoms with Crippen LogP contribution in [0.2, 0.25) is 24.9 Å². The molecule has 5 rings (SSSR count). The number of fused-ring (bicyclic) bond motifs is 3. The van der Waals surface area contributed by atoms with Gasteiger partial charge >= 0.3 is 0 Å². The predicted octanol–water partition coefficient (Wildman–Crippen LogP) is 6.71. The SMILES string of the molecule is CC1(C)c2ccccc2-c2ccc(-c3nc(Cl)nc(-c4ccc([Si](C)(C)C)cc4)n3)cc21. The van der Waals surface area contributed by atoms with Crippen molar-refractivity contribution in [2.45, 2.75) is 38.9 Å². The first kappa shape index (κ1) is 21.0. The Hall–Kier alpha value is -2.82. The average molecular weight is 456 g/mol. The molecular weight excluding hydrogens is 430 g/mol. The highest BCUT2D eigenvalue weighted by Crippen LogP contribution is 2.49. The number of hydrogen-bond acceptors (Lipinski definition) is 3. The number of halogens is 1. The fourth-order valence-electron chi connectivity index (χ4n) is 4.57. The van der Waals surface area contributed by atoms with Crippen LogP contribution >= 0.6 is 11.6 Å². The third kappa shape index (κ3) is 3.48. The minimum Gasteiger partial charge on any atom is -0.208 e. The molecule has 3 nitrogen and oxygen atoms in total. The fraction of sp³-hybridized carbons (Fsp3) is 0.222. The van der Waals surface area contributed by atoms with Gasteiger partial charge in [0, 0.05) is 16.5 Å². The molecule has 0 N–H and O–H groups in total. The van der Waals surface area contributed by atoms with Crippen LogP contribution in [0.15, 0.2) is 66.7 Å². The van der Waals surface area contributed by atoms with Crippen LogP contribution in [0.1, 0.15) is 25.0 Å². The molecule has 3 aromatic carbocycles. The quantitative estimate of drug-likeness (QED) is 0.322. The van der Waals surface area contributed by atoms with Gasteiger partial charge in [-0.1, -0.05) is 99.3 Å². The van der Waals surface area contributed by atoms with Gasteiger partial charge in [-0.2, -0.15) is 9.97 Å². The van der Waals surface area contributed by atoms with Crippen LogP contribution < -0.4 is 5.19 Å². The summed E-state index contributed by atoms with van der Waals surface area (Å²) >= 11 is 6.34. The summed E-state index contributed by atoms with van der Waals surface area (Å²) in [6, 6.07) is 23.7. The van der Waals surface area contributed by atoms with Crippen LogP contribution in [0.5, 0.6) is 0 Å². The molecule has 1 aromatic heterocycles. The van der Waals surface area contributed by atoms with Crippen molar-refractivity contribution in [3.63, 3.8) is 0 Å². The lowest BCUT2D eigenvalue weighted by molar-refractivity contribution is 0.660. The van der Waals surface area contributed by atoms with Gasteiger partial charge in [0.2, 0.25) is 5.28 Å². The number of rotatable bonds is 3. The van der Waals surface area contributed by atoms with Crippen molar-refractivity contribution >= 4 is 24.9 Å². The summed E-state index contributed by atoms with van der Waals surface area (Å²) in [6.45, 7) is 11.6. The second kappa shape index (κ2) is 7.36. The summed E-state index contributed by atoms with van der Waals surface area (Å²) in [7, 11) is -1.36. The Morgan fingerprint density at radius 2 is 1.28 bits per heavy atom. The van der Waals surface area contributed by atoms with Gasteiger partial charge in [-0.25, -0.2) is 4.98 Å². The molecule has 160 valence electrons. The zero-order valence-corrected chi connectivity index (χ0v) is 20.8. The van der Waals surface area contributed by atoms with Crippen LogP contribution in [-0.4, -0.2) is 23.0 Å². The lowest BCUT2D eigenvalue weighted by Crippen LogP contribution is -2.37. The van der Waals surface area contributed by atoms with E-state index in [0.717, 1.165) is 11.1 Å². The molecule has 0 aliphatic heterocycles. The van der Waals surface area contributed by atoms with Crippen LogP contribution in [0, 0.1) is 0 Å². The van der Waals surface area contributed by atoms with E-state index >= 15 is 0 Å². The molecule has 1 heterocycles. The fourth-order valence-corrected chi connectivity index (χ4v) is 5.90. The molecule has 0 radical (unpaired) electrons. The summed E-state index contributed by atoms with van der Waals surface area (Å²) < 4.78 is 0. The van der Waals surface area contributed by atoms with Gasteiger partial charge in [0.1, 0.15) is 0 Å². The molecule has 0 saturated carbocycles. The Labute approximate surface area is 195 Å². The predicted molar refractivity (Wildman–Crippen MR) is 136 cm³/mol. The maximum atomic E-state index is 6.34. The lowest BCUT2D eigenvalue weighted by atomic mass is 9.82. The van der Waals surface area contributed by atoms with Crippen molar-refractivity contribution in [2.24, 2.45) is 0 Å². The largest absolute Gasteiger partial charge is 0.226 e. The molecule has 0 amide bonds. The van der Waals surface area contributed by atoms with E-state index in [4.69, 9.17) is 16.6 Å². The lowest BCUT2D eigenvalue weighted by Gasteiger charge is -2.21. The van der Waals surface area contributed by atoms with Crippen LogP contribution in [0.3, 0.4) is 0 Å². The van der Waals surface area contributed by atoms with E-state index in [1.165, 1.54) is 27.4 Å². The summed E-state index contributed by atoms with van der Waals surface area (Å²) in [5.74, 6) is 1.20. The Bertz CT molecular complexity index is 1340. The molecule has 32 heavy (non-hydrogen) atoms. The van der Waals surface area contributed by atoms with Crippen molar-refractivity contribution in [1.29, 1.82) is 0 Å². The van der Waals surface area contributed by atoms with Crippen molar-refractivity contribution in [2.75, 3.05) is 0 Å². The standard InChI is InChI=1S/C27H26ClN3Si/c1-27(2)22-9-7-6-8-20(22)21-15-12-18(16-23(21)27)25-29-24(30-26(28)31-25)17-10-13-19(14-11-17)32(3,4)5/h6-16H,1-5H3. The van der Waals surface area contributed by atoms with Gasteiger partial charge < -0.3 is 0 Å². The highest BCUT2D eigenvalue weighted by Gasteiger charge is 2.35. The van der Waals surface area contributed by atoms with E-state index in [-0.39, 0.29) is 10.7 Å². The number of aromatic nitrogens is 3. The minimum atomic E-state index is -1.36. The Morgan fingerprint density at radius 3 is 1.97 bits per heavy atom. The maximum Gasteiger partial charge on any atom is 0.226 e.